The Morgan fingerprint density at radius 2 is 2.05 bits per heavy atom. The summed E-state index contributed by atoms with van der Waals surface area (Å²) >= 11 is 1.75. The Balaban J connectivity index is 2.19. The Morgan fingerprint density at radius 3 is 2.60 bits per heavy atom. The molecular formula is C17H26O2S. The lowest BCUT2D eigenvalue weighted by Crippen LogP contribution is -2.19. The van der Waals surface area contributed by atoms with Gasteiger partial charge in [-0.2, -0.15) is 0 Å². The number of hydrogen-bond donors (Lipinski definition) is 0. The first-order valence-corrected chi connectivity index (χ1v) is 8.62. The molecule has 1 unspecified atom stereocenters. The van der Waals surface area contributed by atoms with Crippen LogP contribution in [-0.2, 0) is 4.74 Å². The number of esters is 1. The summed E-state index contributed by atoms with van der Waals surface area (Å²) in [5, 5.41) is 1.98. The van der Waals surface area contributed by atoms with Gasteiger partial charge in [0.25, 0.3) is 0 Å². The molecule has 1 heterocycles. The van der Waals surface area contributed by atoms with Gasteiger partial charge in [-0.3, -0.25) is 0 Å². The zero-order chi connectivity index (χ0) is 14.7. The normalized spacial score (nSPS) is 24.4. The minimum atomic E-state index is -0.197. The van der Waals surface area contributed by atoms with E-state index in [0.29, 0.717) is 5.92 Å². The average molecular weight is 294 g/mol. The molecule has 20 heavy (non-hydrogen) atoms. The van der Waals surface area contributed by atoms with Crippen molar-refractivity contribution >= 4 is 17.3 Å². The zero-order valence-electron chi connectivity index (χ0n) is 13.1. The summed E-state index contributed by atoms with van der Waals surface area (Å²) in [6.07, 6.45) is 6.56. The van der Waals surface area contributed by atoms with Crippen molar-refractivity contribution in [1.29, 1.82) is 0 Å². The number of methoxy groups -OCH3 is 1. The van der Waals surface area contributed by atoms with Crippen LogP contribution in [0.15, 0.2) is 5.38 Å². The maximum atomic E-state index is 11.8. The molecule has 0 aliphatic heterocycles. The Kier molecular flexibility index (Phi) is 5.25. The second-order valence-electron chi connectivity index (χ2n) is 6.16. The topological polar surface area (TPSA) is 26.3 Å². The third-order valence-electron chi connectivity index (χ3n) is 4.89. The highest BCUT2D eigenvalue weighted by molar-refractivity contribution is 7.10. The fourth-order valence-electron chi connectivity index (χ4n) is 3.53. The van der Waals surface area contributed by atoms with Gasteiger partial charge in [0, 0.05) is 10.3 Å². The van der Waals surface area contributed by atoms with Crippen LogP contribution in [0.4, 0.5) is 0 Å². The van der Waals surface area contributed by atoms with Gasteiger partial charge in [0.1, 0.15) is 0 Å². The highest BCUT2D eigenvalue weighted by Crippen LogP contribution is 2.43. The Hall–Kier alpha value is -0.830. The van der Waals surface area contributed by atoms with Gasteiger partial charge >= 0.3 is 5.97 Å². The van der Waals surface area contributed by atoms with Crippen molar-refractivity contribution in [3.05, 3.63) is 21.4 Å². The SMILES string of the molecule is CCC(c1scc(C(=O)OC)c1C)[C@H]1CC[C@H](C)CC1. The molecule has 1 aromatic heterocycles. The van der Waals surface area contributed by atoms with E-state index in [4.69, 9.17) is 4.74 Å². The first-order chi connectivity index (χ1) is 9.58. The van der Waals surface area contributed by atoms with Gasteiger partial charge in [0.15, 0.2) is 0 Å². The fraction of sp³-hybridized carbons (Fsp3) is 0.706. The summed E-state index contributed by atoms with van der Waals surface area (Å²) in [7, 11) is 1.46. The molecule has 0 spiro atoms. The molecule has 3 heteroatoms. The minimum Gasteiger partial charge on any atom is -0.465 e. The van der Waals surface area contributed by atoms with Gasteiger partial charge in [-0.05, 0) is 49.5 Å². The summed E-state index contributed by atoms with van der Waals surface area (Å²) in [5.74, 6) is 2.10. The highest BCUT2D eigenvalue weighted by atomic mass is 32.1. The zero-order valence-corrected chi connectivity index (χ0v) is 13.9. The van der Waals surface area contributed by atoms with Crippen LogP contribution < -0.4 is 0 Å². The summed E-state index contributed by atoms with van der Waals surface area (Å²) in [6, 6.07) is 0. The lowest BCUT2D eigenvalue weighted by molar-refractivity contribution is 0.0600. The monoisotopic (exact) mass is 294 g/mol. The van der Waals surface area contributed by atoms with E-state index in [9.17, 15) is 4.79 Å². The molecular weight excluding hydrogens is 268 g/mol. The van der Waals surface area contributed by atoms with Gasteiger partial charge in [0.2, 0.25) is 0 Å². The standard InChI is InChI=1S/C17H26O2S/c1-5-14(13-8-6-11(2)7-9-13)16-12(3)15(10-20-16)17(18)19-4/h10-11,13-14H,5-9H2,1-4H3/t11-,13-,14?. The number of thiophene rings is 1. The highest BCUT2D eigenvalue weighted by Gasteiger charge is 2.29. The van der Waals surface area contributed by atoms with Crippen LogP contribution in [0.2, 0.25) is 0 Å². The van der Waals surface area contributed by atoms with E-state index in [0.717, 1.165) is 23.0 Å². The number of hydrogen-bond acceptors (Lipinski definition) is 3. The summed E-state index contributed by atoms with van der Waals surface area (Å²) in [4.78, 5) is 13.2. The predicted molar refractivity (Wildman–Crippen MR) is 84.5 cm³/mol. The molecule has 1 atom stereocenters. The quantitative estimate of drug-likeness (QED) is 0.717. The second-order valence-corrected chi connectivity index (χ2v) is 7.08. The molecule has 0 saturated heterocycles. The Morgan fingerprint density at radius 1 is 1.40 bits per heavy atom. The van der Waals surface area contributed by atoms with Crippen LogP contribution in [0.1, 0.15) is 72.7 Å². The fourth-order valence-corrected chi connectivity index (χ4v) is 4.87. The summed E-state index contributed by atoms with van der Waals surface area (Å²) in [6.45, 7) is 6.72. The molecule has 0 radical (unpaired) electrons. The maximum Gasteiger partial charge on any atom is 0.338 e. The molecule has 2 nitrogen and oxygen atoms in total. The molecule has 0 N–H and O–H groups in total. The lowest BCUT2D eigenvalue weighted by Gasteiger charge is -2.32. The predicted octanol–water partition coefficient (Wildman–Crippen LogP) is 5.16. The third kappa shape index (κ3) is 3.08. The second kappa shape index (κ2) is 6.75. The van der Waals surface area contributed by atoms with Crippen LogP contribution in [0.3, 0.4) is 0 Å². The van der Waals surface area contributed by atoms with Crippen LogP contribution >= 0.6 is 11.3 Å². The average Bonchev–Trinajstić information content (AvgIpc) is 2.83. The van der Waals surface area contributed by atoms with Crippen LogP contribution in [-0.4, -0.2) is 13.1 Å². The van der Waals surface area contributed by atoms with Crippen molar-refractivity contribution < 1.29 is 9.53 Å². The molecule has 1 aliphatic carbocycles. The molecule has 112 valence electrons. The number of ether oxygens (including phenoxy) is 1. The largest absolute Gasteiger partial charge is 0.465 e. The smallest absolute Gasteiger partial charge is 0.338 e. The van der Waals surface area contributed by atoms with E-state index in [1.165, 1.54) is 44.1 Å². The molecule has 1 aromatic rings. The van der Waals surface area contributed by atoms with E-state index in [1.807, 2.05) is 5.38 Å². The molecule has 1 aliphatic rings. The molecule has 1 fully saturated rings. The van der Waals surface area contributed by atoms with Crippen molar-refractivity contribution in [3.63, 3.8) is 0 Å². The van der Waals surface area contributed by atoms with Crippen LogP contribution in [0.5, 0.6) is 0 Å². The van der Waals surface area contributed by atoms with E-state index in [-0.39, 0.29) is 5.97 Å². The maximum absolute atomic E-state index is 11.8. The minimum absolute atomic E-state index is 0.197. The van der Waals surface area contributed by atoms with Gasteiger partial charge < -0.3 is 4.74 Å². The van der Waals surface area contributed by atoms with Crippen molar-refractivity contribution in [3.8, 4) is 0 Å². The van der Waals surface area contributed by atoms with Gasteiger partial charge in [-0.1, -0.05) is 26.7 Å². The van der Waals surface area contributed by atoms with Crippen LogP contribution in [0.25, 0.3) is 0 Å². The first-order valence-electron chi connectivity index (χ1n) is 7.74. The van der Waals surface area contributed by atoms with E-state index in [2.05, 4.69) is 20.8 Å². The first kappa shape index (κ1) is 15.6. The van der Waals surface area contributed by atoms with Crippen molar-refractivity contribution in [2.24, 2.45) is 11.8 Å². The molecule has 0 amide bonds. The Bertz CT molecular complexity index is 456. The van der Waals surface area contributed by atoms with Gasteiger partial charge in [0.05, 0.1) is 12.7 Å². The number of carbonyl (C=O) groups excluding carboxylic acids is 1. The summed E-state index contributed by atoms with van der Waals surface area (Å²) < 4.78 is 4.87. The Labute approximate surface area is 126 Å². The third-order valence-corrected chi connectivity index (χ3v) is 6.11. The van der Waals surface area contributed by atoms with Crippen molar-refractivity contribution in [2.45, 2.75) is 58.8 Å². The molecule has 2 rings (SSSR count). The molecule has 1 saturated carbocycles. The summed E-state index contributed by atoms with van der Waals surface area (Å²) in [5.41, 5.74) is 1.91. The van der Waals surface area contributed by atoms with E-state index in [1.54, 1.807) is 11.3 Å². The van der Waals surface area contributed by atoms with Crippen LogP contribution in [0, 0.1) is 18.8 Å². The molecule has 0 bridgehead atoms. The molecule has 0 aromatic carbocycles. The van der Waals surface area contributed by atoms with Crippen molar-refractivity contribution in [2.75, 3.05) is 7.11 Å². The number of rotatable bonds is 4. The number of carbonyl (C=O) groups is 1. The lowest BCUT2D eigenvalue weighted by atomic mass is 9.74. The van der Waals surface area contributed by atoms with Crippen molar-refractivity contribution in [1.82, 2.24) is 0 Å². The van der Waals surface area contributed by atoms with E-state index < -0.39 is 0 Å². The van der Waals surface area contributed by atoms with Gasteiger partial charge in [-0.25, -0.2) is 4.79 Å². The van der Waals surface area contributed by atoms with Gasteiger partial charge in [-0.15, -0.1) is 11.3 Å². The van der Waals surface area contributed by atoms with E-state index >= 15 is 0 Å².